The number of hydrogen-bond donors (Lipinski definition) is 4. The molecule has 1 aromatic carbocycles. The summed E-state index contributed by atoms with van der Waals surface area (Å²) in [6.07, 6.45) is -3.19. The average molecular weight is 420 g/mol. The zero-order chi connectivity index (χ0) is 21.1. The Kier molecular flexibility index (Phi) is 6.60. The summed E-state index contributed by atoms with van der Waals surface area (Å²) in [6, 6.07) is 8.36. The van der Waals surface area contributed by atoms with Gasteiger partial charge >= 0.3 is 0 Å². The van der Waals surface area contributed by atoms with Gasteiger partial charge in [0.05, 0.1) is 6.61 Å². The Morgan fingerprint density at radius 3 is 2.62 bits per heavy atom. The van der Waals surface area contributed by atoms with Crippen molar-refractivity contribution < 1.29 is 24.9 Å². The predicted molar refractivity (Wildman–Crippen MR) is 107 cm³/mol. The minimum absolute atomic E-state index is 0.282. The normalized spacial score (nSPS) is 26.8. The Hall–Kier alpha value is -2.37. The molecule has 0 aliphatic carbocycles. The molecule has 2 heterocycles. The van der Waals surface area contributed by atoms with Crippen LogP contribution in [0.3, 0.4) is 0 Å². The van der Waals surface area contributed by atoms with E-state index in [1.807, 2.05) is 30.3 Å². The lowest BCUT2D eigenvalue weighted by Gasteiger charge is -2.42. The fourth-order valence-electron chi connectivity index (χ4n) is 3.37. The second-order valence-corrected chi connectivity index (χ2v) is 7.14. The van der Waals surface area contributed by atoms with Gasteiger partial charge in [-0.2, -0.15) is 0 Å². The van der Waals surface area contributed by atoms with Gasteiger partial charge < -0.3 is 25.4 Å². The second-order valence-electron chi connectivity index (χ2n) is 6.77. The lowest BCUT2D eigenvalue weighted by molar-refractivity contribution is -0.219. The van der Waals surface area contributed by atoms with Crippen molar-refractivity contribution in [2.24, 2.45) is 0 Å². The van der Waals surface area contributed by atoms with Crippen LogP contribution < -0.4 is 5.32 Å². The first kappa shape index (κ1) is 21.3. The number of carbonyl (C=O) groups is 1. The van der Waals surface area contributed by atoms with E-state index in [2.05, 4.69) is 17.0 Å². The van der Waals surface area contributed by atoms with Gasteiger partial charge in [0.25, 0.3) is 0 Å². The highest BCUT2D eigenvalue weighted by molar-refractivity contribution is 7.71. The number of hydrogen-bond acceptors (Lipinski definition) is 7. The molecule has 1 saturated heterocycles. The first-order valence-corrected chi connectivity index (χ1v) is 9.55. The summed E-state index contributed by atoms with van der Waals surface area (Å²) in [5.74, 6) is 0.138. The first-order chi connectivity index (χ1) is 13.9. The molecule has 10 heteroatoms. The maximum Gasteiger partial charge on any atom is 0.217 e. The lowest BCUT2D eigenvalue weighted by atomic mass is 9.96. The van der Waals surface area contributed by atoms with Crippen molar-refractivity contribution in [3.8, 4) is 11.4 Å². The zero-order valence-electron chi connectivity index (χ0n) is 15.9. The third-order valence-electron chi connectivity index (χ3n) is 4.74. The van der Waals surface area contributed by atoms with E-state index in [1.54, 1.807) is 10.6 Å². The van der Waals surface area contributed by atoms with Crippen molar-refractivity contribution in [3.63, 3.8) is 0 Å². The van der Waals surface area contributed by atoms with Gasteiger partial charge in [-0.25, -0.2) is 4.68 Å². The summed E-state index contributed by atoms with van der Waals surface area (Å²) in [6.45, 7) is 4.91. The largest absolute Gasteiger partial charge is 0.394 e. The third-order valence-corrected chi connectivity index (χ3v) is 5.15. The van der Waals surface area contributed by atoms with Crippen molar-refractivity contribution >= 4 is 18.1 Å². The fraction of sp³-hybridized carbons (Fsp3) is 0.421. The van der Waals surface area contributed by atoms with Crippen molar-refractivity contribution in [2.45, 2.75) is 44.1 Å². The summed E-state index contributed by atoms with van der Waals surface area (Å²) in [5.41, 5.74) is 0.811. The summed E-state index contributed by atoms with van der Waals surface area (Å²) < 4.78 is 9.20. The van der Waals surface area contributed by atoms with Gasteiger partial charge in [0.1, 0.15) is 24.4 Å². The minimum Gasteiger partial charge on any atom is -0.394 e. The van der Waals surface area contributed by atoms with E-state index in [4.69, 9.17) is 17.0 Å². The van der Waals surface area contributed by atoms with Crippen LogP contribution in [-0.2, 0) is 16.1 Å². The van der Waals surface area contributed by atoms with Gasteiger partial charge in [0.2, 0.25) is 10.7 Å². The fourth-order valence-corrected chi connectivity index (χ4v) is 3.68. The lowest BCUT2D eigenvalue weighted by Crippen LogP contribution is -2.62. The van der Waals surface area contributed by atoms with E-state index < -0.39 is 43.1 Å². The number of nitrogens with zero attached hydrogens (tertiary/aromatic N) is 3. The predicted octanol–water partition coefficient (Wildman–Crippen LogP) is 0.383. The van der Waals surface area contributed by atoms with Gasteiger partial charge in [-0.1, -0.05) is 36.4 Å². The molecule has 0 unspecified atom stereocenters. The van der Waals surface area contributed by atoms with Gasteiger partial charge in [-0.05, 0) is 12.2 Å². The highest BCUT2D eigenvalue weighted by atomic mass is 32.1. The average Bonchev–Trinajstić information content (AvgIpc) is 3.03. The van der Waals surface area contributed by atoms with E-state index >= 15 is 0 Å². The van der Waals surface area contributed by atoms with Crippen molar-refractivity contribution in [2.75, 3.05) is 6.61 Å². The zero-order valence-corrected chi connectivity index (χ0v) is 16.7. The maximum atomic E-state index is 11.7. The molecule has 29 heavy (non-hydrogen) atoms. The van der Waals surface area contributed by atoms with Crippen LogP contribution in [-0.4, -0.2) is 66.5 Å². The second kappa shape index (κ2) is 8.97. The summed E-state index contributed by atoms with van der Waals surface area (Å²) >= 11 is 5.58. The number of aliphatic hydroxyl groups is 3. The van der Waals surface area contributed by atoms with Crippen LogP contribution in [0, 0.1) is 4.77 Å². The van der Waals surface area contributed by atoms with Crippen LogP contribution in [0.5, 0.6) is 0 Å². The molecule has 3 rings (SSSR count). The highest BCUT2D eigenvalue weighted by Crippen LogP contribution is 2.30. The van der Waals surface area contributed by atoms with E-state index in [0.717, 1.165) is 5.56 Å². The molecule has 1 amide bonds. The van der Waals surface area contributed by atoms with Gasteiger partial charge in [0.15, 0.2) is 12.1 Å². The number of aliphatic hydroxyl groups excluding tert-OH is 3. The first-order valence-electron chi connectivity index (χ1n) is 9.14. The quantitative estimate of drug-likeness (QED) is 0.394. The summed E-state index contributed by atoms with van der Waals surface area (Å²) in [7, 11) is 0. The van der Waals surface area contributed by atoms with Gasteiger partial charge in [-0.15, -0.1) is 11.7 Å². The molecule has 1 aliphatic rings. The van der Waals surface area contributed by atoms with Crippen LogP contribution >= 0.6 is 12.2 Å². The number of carbonyl (C=O) groups excluding carboxylic acids is 1. The number of rotatable bonds is 6. The van der Waals surface area contributed by atoms with Gasteiger partial charge in [-0.3, -0.25) is 9.36 Å². The third kappa shape index (κ3) is 4.16. The summed E-state index contributed by atoms with van der Waals surface area (Å²) in [4.78, 5) is 11.7. The molecule has 1 aromatic heterocycles. The molecule has 156 valence electrons. The van der Waals surface area contributed by atoms with Crippen molar-refractivity contribution in [1.29, 1.82) is 0 Å². The molecule has 2 aromatic rings. The van der Waals surface area contributed by atoms with Crippen LogP contribution in [0.15, 0.2) is 43.0 Å². The highest BCUT2D eigenvalue weighted by Gasteiger charge is 2.46. The summed E-state index contributed by atoms with van der Waals surface area (Å²) in [5, 5.41) is 37.5. The number of allylic oxidation sites excluding steroid dienone is 1. The number of aromatic nitrogens is 3. The molecule has 0 radical (unpaired) electrons. The Labute approximate surface area is 172 Å². The molecule has 4 N–H and O–H groups in total. The van der Waals surface area contributed by atoms with Gasteiger partial charge in [0, 0.05) is 19.0 Å². The molecule has 1 aliphatic heterocycles. The topological polar surface area (TPSA) is 122 Å². The molecule has 1 fully saturated rings. The van der Waals surface area contributed by atoms with Crippen molar-refractivity contribution in [3.05, 3.63) is 47.8 Å². The SMILES string of the molecule is C=CCn1c(-c2ccccc2)nn([C@@H]2O[C@H](CO)[C@H](O)[C@H](O)[C@@H]2NC(C)=O)c1=S. The number of ether oxygens (including phenoxy) is 1. The van der Waals surface area contributed by atoms with Crippen LogP contribution in [0.25, 0.3) is 11.4 Å². The van der Waals surface area contributed by atoms with E-state index in [1.165, 1.54) is 11.6 Å². The molecular weight excluding hydrogens is 396 g/mol. The van der Waals surface area contributed by atoms with Crippen LogP contribution in [0.1, 0.15) is 13.2 Å². The van der Waals surface area contributed by atoms with Crippen molar-refractivity contribution in [1.82, 2.24) is 19.7 Å². The molecule has 5 atom stereocenters. The van der Waals surface area contributed by atoms with Crippen LogP contribution in [0.4, 0.5) is 0 Å². The molecular formula is C19H24N4O5S. The Balaban J connectivity index is 2.12. The number of benzene rings is 1. The Morgan fingerprint density at radius 1 is 1.34 bits per heavy atom. The molecule has 9 nitrogen and oxygen atoms in total. The number of nitrogens with one attached hydrogen (secondary N) is 1. The maximum absolute atomic E-state index is 11.7. The van der Waals surface area contributed by atoms with E-state index in [-0.39, 0.29) is 4.77 Å². The molecule has 0 spiro atoms. The Bertz CT molecular complexity index is 928. The smallest absolute Gasteiger partial charge is 0.217 e. The molecule has 0 bridgehead atoms. The number of amides is 1. The van der Waals surface area contributed by atoms with E-state index in [0.29, 0.717) is 12.4 Å². The van der Waals surface area contributed by atoms with Crippen LogP contribution in [0.2, 0.25) is 0 Å². The minimum atomic E-state index is -1.39. The Morgan fingerprint density at radius 2 is 2.03 bits per heavy atom. The monoisotopic (exact) mass is 420 g/mol. The molecule has 0 saturated carbocycles. The van der Waals surface area contributed by atoms with E-state index in [9.17, 15) is 20.1 Å². The standard InChI is InChI=1S/C19H24N4O5S/c1-3-9-22-17(12-7-5-4-6-8-12)21-23(19(22)29)18-14(20-11(2)25)16(27)15(26)13(10-24)28-18/h3-8,13-16,18,24,26-27H,1,9-10H2,2H3,(H,20,25)/t13-,14+,15+,16-,18-/m1/s1.